The van der Waals surface area contributed by atoms with E-state index in [1.165, 1.54) is 0 Å². The van der Waals surface area contributed by atoms with Gasteiger partial charge in [-0.15, -0.1) is 0 Å². The lowest BCUT2D eigenvalue weighted by Gasteiger charge is -2.11. The standard InChI is InChI=1S/C11H15NO2/c1-12(2)8-10-7-9(5-6-13)3-4-11(10)14/h3-4,6-7,14H,5,8H2,1-2H3. The summed E-state index contributed by atoms with van der Waals surface area (Å²) >= 11 is 0. The number of aldehydes is 1. The van der Waals surface area contributed by atoms with Crippen molar-refractivity contribution >= 4 is 6.29 Å². The second kappa shape index (κ2) is 4.77. The first-order valence-corrected chi connectivity index (χ1v) is 4.52. The normalized spacial score (nSPS) is 10.5. The Balaban J connectivity index is 2.89. The Kier molecular flexibility index (Phi) is 3.65. The van der Waals surface area contributed by atoms with Gasteiger partial charge in [-0.1, -0.05) is 12.1 Å². The topological polar surface area (TPSA) is 40.5 Å². The monoisotopic (exact) mass is 193 g/mol. The largest absolute Gasteiger partial charge is 0.508 e. The number of phenols is 1. The van der Waals surface area contributed by atoms with Crippen molar-refractivity contribution in [2.24, 2.45) is 0 Å². The maximum Gasteiger partial charge on any atom is 0.124 e. The molecule has 76 valence electrons. The Morgan fingerprint density at radius 3 is 2.71 bits per heavy atom. The van der Waals surface area contributed by atoms with Gasteiger partial charge in [-0.2, -0.15) is 0 Å². The van der Waals surface area contributed by atoms with Crippen LogP contribution in [0.5, 0.6) is 5.75 Å². The molecule has 3 nitrogen and oxygen atoms in total. The van der Waals surface area contributed by atoms with Gasteiger partial charge in [-0.25, -0.2) is 0 Å². The molecule has 0 heterocycles. The molecule has 0 aliphatic rings. The van der Waals surface area contributed by atoms with Gasteiger partial charge in [0.2, 0.25) is 0 Å². The lowest BCUT2D eigenvalue weighted by Crippen LogP contribution is -2.11. The second-order valence-corrected chi connectivity index (χ2v) is 3.57. The Morgan fingerprint density at radius 1 is 1.43 bits per heavy atom. The van der Waals surface area contributed by atoms with Crippen molar-refractivity contribution in [1.29, 1.82) is 0 Å². The van der Waals surface area contributed by atoms with Crippen LogP contribution in [-0.4, -0.2) is 30.4 Å². The van der Waals surface area contributed by atoms with Crippen molar-refractivity contribution in [1.82, 2.24) is 4.90 Å². The Bertz CT molecular complexity index is 321. The van der Waals surface area contributed by atoms with Crippen LogP contribution >= 0.6 is 0 Å². The molecular weight excluding hydrogens is 178 g/mol. The third-order valence-corrected chi connectivity index (χ3v) is 1.95. The molecule has 0 aliphatic carbocycles. The highest BCUT2D eigenvalue weighted by atomic mass is 16.3. The number of nitrogens with zero attached hydrogens (tertiary/aromatic N) is 1. The van der Waals surface area contributed by atoms with Gasteiger partial charge in [0.05, 0.1) is 0 Å². The molecule has 3 heteroatoms. The summed E-state index contributed by atoms with van der Waals surface area (Å²) in [5.74, 6) is 0.286. The summed E-state index contributed by atoms with van der Waals surface area (Å²) in [5.41, 5.74) is 1.80. The third kappa shape index (κ3) is 2.85. The Morgan fingerprint density at radius 2 is 2.14 bits per heavy atom. The summed E-state index contributed by atoms with van der Waals surface area (Å²) in [6.07, 6.45) is 1.27. The van der Waals surface area contributed by atoms with Crippen LogP contribution in [0.15, 0.2) is 18.2 Å². The Labute approximate surface area is 84.0 Å². The molecule has 0 atom stereocenters. The minimum absolute atomic E-state index is 0.286. The zero-order valence-electron chi connectivity index (χ0n) is 8.53. The molecule has 14 heavy (non-hydrogen) atoms. The highest BCUT2D eigenvalue weighted by molar-refractivity contribution is 5.55. The van der Waals surface area contributed by atoms with Crippen molar-refractivity contribution in [2.45, 2.75) is 13.0 Å². The summed E-state index contributed by atoms with van der Waals surface area (Å²) in [6.45, 7) is 0.679. The van der Waals surface area contributed by atoms with E-state index in [-0.39, 0.29) is 5.75 Å². The van der Waals surface area contributed by atoms with E-state index in [0.717, 1.165) is 17.4 Å². The summed E-state index contributed by atoms with van der Waals surface area (Å²) in [5, 5.41) is 9.54. The van der Waals surface area contributed by atoms with Crippen LogP contribution in [0.25, 0.3) is 0 Å². The molecule has 0 aromatic heterocycles. The van der Waals surface area contributed by atoms with Gasteiger partial charge in [0.15, 0.2) is 0 Å². The number of hydrogen-bond acceptors (Lipinski definition) is 3. The van der Waals surface area contributed by atoms with Crippen LogP contribution in [0.4, 0.5) is 0 Å². The van der Waals surface area contributed by atoms with Crippen LogP contribution < -0.4 is 0 Å². The van der Waals surface area contributed by atoms with E-state index >= 15 is 0 Å². The van der Waals surface area contributed by atoms with Crippen molar-refractivity contribution in [2.75, 3.05) is 14.1 Å². The lowest BCUT2D eigenvalue weighted by atomic mass is 10.1. The van der Waals surface area contributed by atoms with Gasteiger partial charge in [0.1, 0.15) is 12.0 Å². The quantitative estimate of drug-likeness (QED) is 0.730. The molecule has 0 spiro atoms. The fourth-order valence-electron chi connectivity index (χ4n) is 1.33. The fraction of sp³-hybridized carbons (Fsp3) is 0.364. The van der Waals surface area contributed by atoms with Crippen molar-refractivity contribution < 1.29 is 9.90 Å². The number of carbonyl (C=O) groups excluding carboxylic acids is 1. The average Bonchev–Trinajstić information content (AvgIpc) is 2.10. The van der Waals surface area contributed by atoms with Crippen molar-refractivity contribution in [3.05, 3.63) is 29.3 Å². The van der Waals surface area contributed by atoms with Gasteiger partial charge >= 0.3 is 0 Å². The first kappa shape index (κ1) is 10.7. The minimum atomic E-state index is 0.286. The van der Waals surface area contributed by atoms with Gasteiger partial charge in [-0.3, -0.25) is 0 Å². The molecule has 1 aromatic rings. The van der Waals surface area contributed by atoms with Gasteiger partial charge in [0.25, 0.3) is 0 Å². The van der Waals surface area contributed by atoms with Crippen LogP contribution in [0.1, 0.15) is 11.1 Å². The van der Waals surface area contributed by atoms with E-state index in [1.807, 2.05) is 25.1 Å². The second-order valence-electron chi connectivity index (χ2n) is 3.57. The number of carbonyl (C=O) groups is 1. The minimum Gasteiger partial charge on any atom is -0.508 e. The molecule has 0 amide bonds. The maximum atomic E-state index is 10.3. The van der Waals surface area contributed by atoms with Gasteiger partial charge in [-0.05, 0) is 25.7 Å². The molecular formula is C11H15NO2. The summed E-state index contributed by atoms with van der Waals surface area (Å²) in [6, 6.07) is 5.27. The molecule has 1 rings (SSSR count). The molecule has 0 unspecified atom stereocenters. The van der Waals surface area contributed by atoms with Crippen LogP contribution in [0.3, 0.4) is 0 Å². The summed E-state index contributed by atoms with van der Waals surface area (Å²) in [7, 11) is 3.87. The molecule has 0 radical (unpaired) electrons. The predicted molar refractivity (Wildman–Crippen MR) is 55.3 cm³/mol. The first-order valence-electron chi connectivity index (χ1n) is 4.52. The van der Waals surface area contributed by atoms with Crippen molar-refractivity contribution in [3.63, 3.8) is 0 Å². The zero-order chi connectivity index (χ0) is 10.6. The highest BCUT2D eigenvalue weighted by Crippen LogP contribution is 2.19. The van der Waals surface area contributed by atoms with Crippen LogP contribution in [0, 0.1) is 0 Å². The fourth-order valence-corrected chi connectivity index (χ4v) is 1.33. The number of benzene rings is 1. The van der Waals surface area contributed by atoms with E-state index in [1.54, 1.807) is 12.1 Å². The number of rotatable bonds is 4. The number of hydrogen-bond donors (Lipinski definition) is 1. The first-order chi connectivity index (χ1) is 6.63. The summed E-state index contributed by atoms with van der Waals surface area (Å²) < 4.78 is 0. The van der Waals surface area contributed by atoms with Crippen LogP contribution in [0.2, 0.25) is 0 Å². The zero-order valence-corrected chi connectivity index (χ0v) is 8.53. The molecule has 1 N–H and O–H groups in total. The smallest absolute Gasteiger partial charge is 0.124 e. The number of phenolic OH excluding ortho intramolecular Hbond substituents is 1. The molecule has 0 bridgehead atoms. The van der Waals surface area contributed by atoms with E-state index in [0.29, 0.717) is 13.0 Å². The maximum absolute atomic E-state index is 10.3. The SMILES string of the molecule is CN(C)Cc1cc(CC=O)ccc1O. The Hall–Kier alpha value is -1.35. The van der Waals surface area contributed by atoms with E-state index in [2.05, 4.69) is 0 Å². The number of aromatic hydroxyl groups is 1. The third-order valence-electron chi connectivity index (χ3n) is 1.95. The molecule has 0 saturated heterocycles. The molecule has 1 aromatic carbocycles. The summed E-state index contributed by atoms with van der Waals surface area (Å²) in [4.78, 5) is 12.3. The molecule has 0 fully saturated rings. The predicted octanol–water partition coefficient (Wildman–Crippen LogP) is 1.20. The van der Waals surface area contributed by atoms with Gasteiger partial charge < -0.3 is 14.8 Å². The van der Waals surface area contributed by atoms with Crippen LogP contribution in [-0.2, 0) is 17.8 Å². The molecule has 0 aliphatic heterocycles. The highest BCUT2D eigenvalue weighted by Gasteiger charge is 2.03. The van der Waals surface area contributed by atoms with Crippen molar-refractivity contribution in [3.8, 4) is 5.75 Å². The average molecular weight is 193 g/mol. The lowest BCUT2D eigenvalue weighted by molar-refractivity contribution is -0.107. The van der Waals surface area contributed by atoms with E-state index in [9.17, 15) is 9.90 Å². The van der Waals surface area contributed by atoms with Gasteiger partial charge in [0, 0.05) is 18.5 Å². The molecule has 0 saturated carbocycles. The van der Waals surface area contributed by atoms with E-state index < -0.39 is 0 Å². The van der Waals surface area contributed by atoms with E-state index in [4.69, 9.17) is 0 Å².